The lowest BCUT2D eigenvalue weighted by Crippen LogP contribution is -2.43. The zero-order valence-corrected chi connectivity index (χ0v) is 12.3. The Kier molecular flexibility index (Phi) is 3.41. The van der Waals surface area contributed by atoms with Gasteiger partial charge in [-0.05, 0) is 18.3 Å². The van der Waals surface area contributed by atoms with E-state index in [1.165, 1.54) is 11.3 Å². The van der Waals surface area contributed by atoms with Crippen LogP contribution in [0.1, 0.15) is 28.9 Å². The topological polar surface area (TPSA) is 58.6 Å². The van der Waals surface area contributed by atoms with E-state index in [0.29, 0.717) is 6.42 Å². The van der Waals surface area contributed by atoms with Crippen LogP contribution in [-0.4, -0.2) is 43.5 Å². The summed E-state index contributed by atoms with van der Waals surface area (Å²) in [5.74, 6) is 0.954. The van der Waals surface area contributed by atoms with Crippen molar-refractivity contribution in [3.8, 4) is 5.75 Å². The lowest BCUT2D eigenvalue weighted by Gasteiger charge is -2.38. The third kappa shape index (κ3) is 2.40. The number of piperidine rings is 1. The fourth-order valence-corrected chi connectivity index (χ4v) is 3.80. The molecule has 0 radical (unpaired) electrons. The predicted octanol–water partition coefficient (Wildman–Crippen LogP) is 1.50. The van der Waals surface area contributed by atoms with Gasteiger partial charge in [0.15, 0.2) is 0 Å². The van der Waals surface area contributed by atoms with Crippen molar-refractivity contribution in [1.29, 1.82) is 0 Å². The van der Waals surface area contributed by atoms with E-state index in [9.17, 15) is 9.59 Å². The lowest BCUT2D eigenvalue weighted by molar-refractivity contribution is -0.119. The molecule has 1 N–H and O–H groups in total. The summed E-state index contributed by atoms with van der Waals surface area (Å²) in [6.07, 6.45) is 2.42. The number of amides is 2. The standard InChI is InChI=1S/C14H18N2O3S/c1-19-10-6-11(20-8-10)13(18)16-4-2-14(3-5-16)7-12(17)15-9-14/h6,8H,2-5,7,9H2,1H3,(H,15,17). The Balaban J connectivity index is 1.63. The molecule has 2 aliphatic rings. The van der Waals surface area contributed by atoms with Crippen LogP contribution in [0, 0.1) is 5.41 Å². The quantitative estimate of drug-likeness (QED) is 0.899. The highest BCUT2D eigenvalue weighted by molar-refractivity contribution is 7.12. The van der Waals surface area contributed by atoms with Gasteiger partial charge in [-0.3, -0.25) is 9.59 Å². The van der Waals surface area contributed by atoms with Gasteiger partial charge in [0.1, 0.15) is 5.75 Å². The molecule has 5 nitrogen and oxygen atoms in total. The molecule has 0 aromatic carbocycles. The number of likely N-dealkylation sites (tertiary alicyclic amines) is 1. The summed E-state index contributed by atoms with van der Waals surface area (Å²) >= 11 is 1.42. The largest absolute Gasteiger partial charge is 0.496 e. The molecule has 0 atom stereocenters. The first-order valence-corrected chi connectivity index (χ1v) is 7.68. The number of nitrogens with zero attached hydrogens (tertiary/aromatic N) is 1. The Bertz CT molecular complexity index is 532. The Morgan fingerprint density at radius 2 is 2.20 bits per heavy atom. The average molecular weight is 294 g/mol. The molecular weight excluding hydrogens is 276 g/mol. The fraction of sp³-hybridized carbons (Fsp3) is 0.571. The minimum atomic E-state index is 0.0745. The van der Waals surface area contributed by atoms with Crippen LogP contribution in [-0.2, 0) is 4.79 Å². The second-order valence-corrected chi connectivity index (χ2v) is 6.51. The molecule has 1 aromatic rings. The zero-order chi connectivity index (χ0) is 14.2. The summed E-state index contributed by atoms with van der Waals surface area (Å²) in [6.45, 7) is 2.22. The first-order chi connectivity index (χ1) is 9.62. The maximum absolute atomic E-state index is 12.4. The van der Waals surface area contributed by atoms with Crippen molar-refractivity contribution in [2.45, 2.75) is 19.3 Å². The molecule has 20 heavy (non-hydrogen) atoms. The SMILES string of the molecule is COc1csc(C(=O)N2CCC3(CC2)CNC(=O)C3)c1. The highest BCUT2D eigenvalue weighted by Gasteiger charge is 2.41. The number of hydrogen-bond donors (Lipinski definition) is 1. The Labute approximate surface area is 121 Å². The van der Waals surface area contributed by atoms with Gasteiger partial charge in [0.25, 0.3) is 5.91 Å². The third-order valence-electron chi connectivity index (χ3n) is 4.33. The van der Waals surface area contributed by atoms with Gasteiger partial charge in [-0.1, -0.05) is 0 Å². The molecule has 1 spiro atoms. The van der Waals surface area contributed by atoms with Gasteiger partial charge >= 0.3 is 0 Å². The molecule has 2 fully saturated rings. The van der Waals surface area contributed by atoms with Crippen LogP contribution in [0.15, 0.2) is 11.4 Å². The maximum atomic E-state index is 12.4. The maximum Gasteiger partial charge on any atom is 0.264 e. The van der Waals surface area contributed by atoms with E-state index in [-0.39, 0.29) is 17.2 Å². The minimum Gasteiger partial charge on any atom is -0.496 e. The minimum absolute atomic E-state index is 0.0745. The summed E-state index contributed by atoms with van der Waals surface area (Å²) in [4.78, 5) is 26.4. The van der Waals surface area contributed by atoms with E-state index in [4.69, 9.17) is 4.74 Å². The molecule has 2 aliphatic heterocycles. The lowest BCUT2D eigenvalue weighted by atomic mass is 9.77. The van der Waals surface area contributed by atoms with E-state index in [1.807, 2.05) is 10.3 Å². The molecule has 0 saturated carbocycles. The van der Waals surface area contributed by atoms with E-state index in [2.05, 4.69) is 5.32 Å². The van der Waals surface area contributed by atoms with Crippen molar-refractivity contribution in [3.63, 3.8) is 0 Å². The third-order valence-corrected chi connectivity index (χ3v) is 5.23. The van der Waals surface area contributed by atoms with Gasteiger partial charge in [-0.25, -0.2) is 0 Å². The Morgan fingerprint density at radius 1 is 1.45 bits per heavy atom. The molecule has 2 amide bonds. The van der Waals surface area contributed by atoms with E-state index in [1.54, 1.807) is 13.2 Å². The molecule has 2 saturated heterocycles. The molecule has 0 bridgehead atoms. The van der Waals surface area contributed by atoms with Crippen LogP contribution in [0.5, 0.6) is 5.75 Å². The van der Waals surface area contributed by atoms with Gasteiger partial charge in [-0.15, -0.1) is 11.3 Å². The molecule has 0 aliphatic carbocycles. The second kappa shape index (κ2) is 5.09. The summed E-state index contributed by atoms with van der Waals surface area (Å²) < 4.78 is 5.11. The molecular formula is C14H18N2O3S. The number of thiophene rings is 1. The van der Waals surface area contributed by atoms with Gasteiger partial charge in [-0.2, -0.15) is 0 Å². The monoisotopic (exact) mass is 294 g/mol. The van der Waals surface area contributed by atoms with Crippen LogP contribution in [0.2, 0.25) is 0 Å². The summed E-state index contributed by atoms with van der Waals surface area (Å²) in [5, 5.41) is 4.76. The van der Waals surface area contributed by atoms with Crippen LogP contribution < -0.4 is 10.1 Å². The summed E-state index contributed by atoms with van der Waals surface area (Å²) in [5.41, 5.74) is 0.0843. The van der Waals surface area contributed by atoms with Crippen LogP contribution in [0.3, 0.4) is 0 Å². The van der Waals surface area contributed by atoms with Gasteiger partial charge < -0.3 is 15.0 Å². The normalized spacial score (nSPS) is 21.1. The Morgan fingerprint density at radius 3 is 2.75 bits per heavy atom. The van der Waals surface area contributed by atoms with Crippen LogP contribution in [0.25, 0.3) is 0 Å². The summed E-state index contributed by atoms with van der Waals surface area (Å²) in [7, 11) is 1.60. The van der Waals surface area contributed by atoms with Gasteiger partial charge in [0.05, 0.1) is 12.0 Å². The van der Waals surface area contributed by atoms with Gasteiger partial charge in [0.2, 0.25) is 5.91 Å². The van der Waals surface area contributed by atoms with E-state index >= 15 is 0 Å². The van der Waals surface area contributed by atoms with E-state index < -0.39 is 0 Å². The number of hydrogen-bond acceptors (Lipinski definition) is 4. The molecule has 108 valence electrons. The van der Waals surface area contributed by atoms with Crippen molar-refractivity contribution >= 4 is 23.2 Å². The summed E-state index contributed by atoms with van der Waals surface area (Å²) in [6, 6.07) is 1.79. The number of rotatable bonds is 2. The zero-order valence-electron chi connectivity index (χ0n) is 11.5. The molecule has 3 rings (SSSR count). The number of ether oxygens (including phenoxy) is 1. The van der Waals surface area contributed by atoms with Crippen molar-refractivity contribution < 1.29 is 14.3 Å². The number of methoxy groups -OCH3 is 1. The first kappa shape index (κ1) is 13.4. The highest BCUT2D eigenvalue weighted by atomic mass is 32.1. The first-order valence-electron chi connectivity index (χ1n) is 6.80. The van der Waals surface area contributed by atoms with Gasteiger partial charge in [0, 0.05) is 37.5 Å². The highest BCUT2D eigenvalue weighted by Crippen LogP contribution is 2.38. The molecule has 6 heteroatoms. The second-order valence-electron chi connectivity index (χ2n) is 5.60. The van der Waals surface area contributed by atoms with Crippen LogP contribution in [0.4, 0.5) is 0 Å². The average Bonchev–Trinajstić information content (AvgIpc) is 3.06. The van der Waals surface area contributed by atoms with Crippen molar-refractivity contribution in [3.05, 3.63) is 16.3 Å². The van der Waals surface area contributed by atoms with Crippen LogP contribution >= 0.6 is 11.3 Å². The number of carbonyl (C=O) groups is 2. The molecule has 0 unspecified atom stereocenters. The smallest absolute Gasteiger partial charge is 0.264 e. The van der Waals surface area contributed by atoms with E-state index in [0.717, 1.165) is 43.1 Å². The molecule has 3 heterocycles. The fourth-order valence-electron chi connectivity index (χ4n) is 2.98. The predicted molar refractivity (Wildman–Crippen MR) is 76.1 cm³/mol. The Hall–Kier alpha value is -1.56. The number of carbonyl (C=O) groups excluding carboxylic acids is 2. The van der Waals surface area contributed by atoms with Crippen molar-refractivity contribution in [2.75, 3.05) is 26.7 Å². The number of nitrogens with one attached hydrogen (secondary N) is 1. The van der Waals surface area contributed by atoms with Crippen molar-refractivity contribution in [2.24, 2.45) is 5.41 Å². The van der Waals surface area contributed by atoms with Crippen molar-refractivity contribution in [1.82, 2.24) is 10.2 Å². The molecule has 1 aromatic heterocycles.